The third-order valence-electron chi connectivity index (χ3n) is 4.16. The van der Waals surface area contributed by atoms with Crippen LogP contribution in [-0.2, 0) is 0 Å². The van der Waals surface area contributed by atoms with Gasteiger partial charge in [-0.3, -0.25) is 4.79 Å². The minimum Gasteiger partial charge on any atom is -0.493 e. The number of fused-ring (bicyclic) bond motifs is 1. The first-order chi connectivity index (χ1) is 11.7. The molecule has 1 saturated heterocycles. The quantitative estimate of drug-likeness (QED) is 0.673. The number of carbonyl (C=O) groups excluding carboxylic acids is 1. The van der Waals surface area contributed by atoms with E-state index in [1.54, 1.807) is 0 Å². The van der Waals surface area contributed by atoms with Crippen LogP contribution in [0.4, 0.5) is 0 Å². The molecule has 1 fully saturated rings. The summed E-state index contributed by atoms with van der Waals surface area (Å²) in [6, 6.07) is 11.2. The molecular weight excluding hydrogens is 306 g/mol. The second-order valence-corrected chi connectivity index (χ2v) is 5.82. The van der Waals surface area contributed by atoms with E-state index in [4.69, 9.17) is 0 Å². The van der Waals surface area contributed by atoms with E-state index < -0.39 is 0 Å². The van der Waals surface area contributed by atoms with Crippen LogP contribution in [0.3, 0.4) is 0 Å². The summed E-state index contributed by atoms with van der Waals surface area (Å²) in [5.41, 5.74) is 2.16. The van der Waals surface area contributed by atoms with E-state index in [-0.39, 0.29) is 17.8 Å². The Labute approximate surface area is 138 Å². The number of rotatable bonds is 3. The molecule has 3 N–H and O–H groups in total. The van der Waals surface area contributed by atoms with Crippen molar-refractivity contribution in [3.63, 3.8) is 0 Å². The normalized spacial score (nSPS) is 17.2. The van der Waals surface area contributed by atoms with Crippen molar-refractivity contribution in [3.8, 4) is 17.1 Å². The van der Waals surface area contributed by atoms with Gasteiger partial charge in [-0.15, -0.1) is 0 Å². The van der Waals surface area contributed by atoms with Crippen molar-refractivity contribution in [2.75, 3.05) is 13.1 Å². The summed E-state index contributed by atoms with van der Waals surface area (Å²) in [5, 5.41) is 20.5. The van der Waals surface area contributed by atoms with Gasteiger partial charge in [0.1, 0.15) is 5.56 Å². The molecule has 1 aliphatic rings. The highest BCUT2D eigenvalue weighted by molar-refractivity contribution is 6.00. The maximum atomic E-state index is 12.5. The lowest BCUT2D eigenvalue weighted by atomic mass is 10.1. The highest BCUT2D eigenvalue weighted by Crippen LogP contribution is 2.24. The Morgan fingerprint density at radius 1 is 1.33 bits per heavy atom. The Kier molecular flexibility index (Phi) is 3.62. The number of benzene rings is 1. The fourth-order valence-corrected chi connectivity index (χ4v) is 2.90. The topological polar surface area (TPSA) is 91.6 Å². The highest BCUT2D eigenvalue weighted by Gasteiger charge is 2.22. The van der Waals surface area contributed by atoms with Gasteiger partial charge in [-0.25, -0.2) is 4.98 Å². The van der Waals surface area contributed by atoms with E-state index in [0.29, 0.717) is 16.9 Å². The molecule has 4 rings (SSSR count). The van der Waals surface area contributed by atoms with Crippen LogP contribution >= 0.6 is 0 Å². The Morgan fingerprint density at radius 3 is 2.92 bits per heavy atom. The van der Waals surface area contributed by atoms with Crippen LogP contribution in [0.25, 0.3) is 16.9 Å². The molecule has 0 bridgehead atoms. The van der Waals surface area contributed by atoms with Crippen LogP contribution in [0.2, 0.25) is 0 Å². The number of nitrogens with one attached hydrogen (secondary N) is 2. The van der Waals surface area contributed by atoms with E-state index in [2.05, 4.69) is 20.7 Å². The molecular formula is C17H17N5O2. The van der Waals surface area contributed by atoms with Gasteiger partial charge in [0.25, 0.3) is 5.91 Å². The monoisotopic (exact) mass is 323 g/mol. The second-order valence-electron chi connectivity index (χ2n) is 5.82. The molecule has 1 unspecified atom stereocenters. The van der Waals surface area contributed by atoms with Crippen molar-refractivity contribution in [1.29, 1.82) is 0 Å². The predicted octanol–water partition coefficient (Wildman–Crippen LogP) is 1.19. The molecule has 24 heavy (non-hydrogen) atoms. The number of hydrogen-bond donors (Lipinski definition) is 3. The largest absolute Gasteiger partial charge is 0.493 e. The fraction of sp³-hybridized carbons (Fsp3) is 0.235. The molecule has 7 heteroatoms. The van der Waals surface area contributed by atoms with Gasteiger partial charge in [-0.2, -0.15) is 9.61 Å². The Hall–Kier alpha value is -2.93. The Morgan fingerprint density at radius 2 is 2.17 bits per heavy atom. The minimum atomic E-state index is -0.226. The van der Waals surface area contributed by atoms with Crippen LogP contribution in [-0.4, -0.2) is 44.7 Å². The molecule has 0 aliphatic carbocycles. The molecule has 7 nitrogen and oxygen atoms in total. The number of hydrogen-bond acceptors (Lipinski definition) is 5. The van der Waals surface area contributed by atoms with Gasteiger partial charge in [-0.1, -0.05) is 30.3 Å². The summed E-state index contributed by atoms with van der Waals surface area (Å²) >= 11 is 0. The van der Waals surface area contributed by atoms with Crippen LogP contribution in [0.5, 0.6) is 5.88 Å². The van der Waals surface area contributed by atoms with Crippen LogP contribution in [0, 0.1) is 0 Å². The van der Waals surface area contributed by atoms with E-state index in [0.717, 1.165) is 25.1 Å². The van der Waals surface area contributed by atoms with Gasteiger partial charge >= 0.3 is 0 Å². The summed E-state index contributed by atoms with van der Waals surface area (Å²) in [7, 11) is 0. The zero-order valence-electron chi connectivity index (χ0n) is 12.9. The molecule has 1 amide bonds. The lowest BCUT2D eigenvalue weighted by molar-refractivity contribution is 0.0941. The number of carbonyl (C=O) groups is 1. The molecule has 3 heterocycles. The fourth-order valence-electron chi connectivity index (χ4n) is 2.90. The van der Waals surface area contributed by atoms with E-state index in [1.165, 1.54) is 16.8 Å². The van der Waals surface area contributed by atoms with Crippen molar-refractivity contribution in [2.45, 2.75) is 12.5 Å². The van der Waals surface area contributed by atoms with Gasteiger partial charge in [0.15, 0.2) is 5.65 Å². The molecule has 1 aliphatic heterocycles. The van der Waals surface area contributed by atoms with E-state index in [9.17, 15) is 9.90 Å². The average Bonchev–Trinajstić information content (AvgIpc) is 3.25. The van der Waals surface area contributed by atoms with Crippen LogP contribution < -0.4 is 10.6 Å². The van der Waals surface area contributed by atoms with Crippen molar-refractivity contribution >= 4 is 11.6 Å². The lowest BCUT2D eigenvalue weighted by Crippen LogP contribution is -2.36. The summed E-state index contributed by atoms with van der Waals surface area (Å²) in [6.45, 7) is 1.66. The van der Waals surface area contributed by atoms with Gasteiger partial charge in [0, 0.05) is 24.2 Å². The van der Waals surface area contributed by atoms with Crippen molar-refractivity contribution in [2.24, 2.45) is 0 Å². The predicted molar refractivity (Wildman–Crippen MR) is 88.8 cm³/mol. The Balaban J connectivity index is 1.74. The van der Waals surface area contributed by atoms with Gasteiger partial charge < -0.3 is 15.7 Å². The third-order valence-corrected chi connectivity index (χ3v) is 4.16. The zero-order chi connectivity index (χ0) is 16.5. The SMILES string of the molecule is O=C(NC1CCNC1)c1cnn2c(O)cc(-c3ccccc3)nc12. The Bertz CT molecular complexity index is 885. The molecule has 3 aromatic rings. The second kappa shape index (κ2) is 5.93. The van der Waals surface area contributed by atoms with Crippen LogP contribution in [0.1, 0.15) is 16.8 Å². The minimum absolute atomic E-state index is 0.0552. The number of amides is 1. The maximum absolute atomic E-state index is 12.5. The van der Waals surface area contributed by atoms with Gasteiger partial charge in [-0.05, 0) is 13.0 Å². The van der Waals surface area contributed by atoms with Crippen molar-refractivity contribution in [1.82, 2.24) is 25.2 Å². The summed E-state index contributed by atoms with van der Waals surface area (Å²) in [4.78, 5) is 17.0. The maximum Gasteiger partial charge on any atom is 0.257 e. The first-order valence-corrected chi connectivity index (χ1v) is 7.87. The molecule has 0 spiro atoms. The molecule has 1 atom stereocenters. The number of aromatic nitrogens is 3. The molecule has 0 radical (unpaired) electrons. The van der Waals surface area contributed by atoms with E-state index >= 15 is 0 Å². The molecule has 1 aromatic carbocycles. The van der Waals surface area contributed by atoms with Gasteiger partial charge in [0.05, 0.1) is 11.9 Å². The van der Waals surface area contributed by atoms with Crippen molar-refractivity contribution in [3.05, 3.63) is 48.2 Å². The zero-order valence-corrected chi connectivity index (χ0v) is 12.9. The summed E-state index contributed by atoms with van der Waals surface area (Å²) in [6.07, 6.45) is 2.34. The summed E-state index contributed by atoms with van der Waals surface area (Å²) < 4.78 is 1.27. The third kappa shape index (κ3) is 2.59. The van der Waals surface area contributed by atoms with Crippen LogP contribution in [0.15, 0.2) is 42.6 Å². The average molecular weight is 323 g/mol. The number of aromatic hydroxyl groups is 1. The first kappa shape index (κ1) is 14.6. The standard InChI is InChI=1S/C17H17N5O2/c23-15-8-14(11-4-2-1-3-5-11)21-16-13(10-19-22(15)16)17(24)20-12-6-7-18-9-12/h1-5,8,10,12,18,23H,6-7,9H2,(H,20,24). The first-order valence-electron chi connectivity index (χ1n) is 7.87. The molecule has 122 valence electrons. The molecule has 2 aromatic heterocycles. The lowest BCUT2D eigenvalue weighted by Gasteiger charge is -2.10. The summed E-state index contributed by atoms with van der Waals surface area (Å²) in [5.74, 6) is -0.281. The van der Waals surface area contributed by atoms with E-state index in [1.807, 2.05) is 30.3 Å². The number of nitrogens with zero attached hydrogens (tertiary/aromatic N) is 3. The van der Waals surface area contributed by atoms with Gasteiger partial charge in [0.2, 0.25) is 5.88 Å². The van der Waals surface area contributed by atoms with Crippen molar-refractivity contribution < 1.29 is 9.90 Å². The highest BCUT2D eigenvalue weighted by atomic mass is 16.3. The smallest absolute Gasteiger partial charge is 0.257 e. The molecule has 0 saturated carbocycles.